The van der Waals surface area contributed by atoms with Gasteiger partial charge in [-0.2, -0.15) is 0 Å². The topological polar surface area (TPSA) is 58.2 Å². The van der Waals surface area contributed by atoms with E-state index in [0.29, 0.717) is 10.8 Å². The summed E-state index contributed by atoms with van der Waals surface area (Å²) in [5.41, 5.74) is 0.192. The van der Waals surface area contributed by atoms with Crippen molar-refractivity contribution in [3.05, 3.63) is 17.0 Å². The molecule has 0 aromatic carbocycles. The second-order valence-electron chi connectivity index (χ2n) is 5.86. The first-order chi connectivity index (χ1) is 9.45. The minimum Gasteiger partial charge on any atom is -0.316 e. The van der Waals surface area contributed by atoms with Gasteiger partial charge < -0.3 is 5.32 Å². The maximum atomic E-state index is 12.2. The van der Waals surface area contributed by atoms with Gasteiger partial charge in [0.2, 0.25) is 10.0 Å². The highest BCUT2D eigenvalue weighted by Crippen LogP contribution is 2.44. The maximum absolute atomic E-state index is 12.2. The monoisotopic (exact) mass is 316 g/mol. The SMILES string of the molecule is CCCNCCc1ccc(S(=O)(=O)NCC2(C)CC2)s1. The lowest BCUT2D eigenvalue weighted by atomic mass is 10.2. The minimum atomic E-state index is -3.32. The fourth-order valence-corrected chi connectivity index (χ4v) is 4.48. The molecule has 1 saturated carbocycles. The number of sulfonamides is 1. The third-order valence-electron chi connectivity index (χ3n) is 3.67. The predicted molar refractivity (Wildman–Crippen MR) is 83.7 cm³/mol. The highest BCUT2D eigenvalue weighted by atomic mass is 32.2. The van der Waals surface area contributed by atoms with Crippen LogP contribution in [0.2, 0.25) is 0 Å². The molecular weight excluding hydrogens is 292 g/mol. The first-order valence-electron chi connectivity index (χ1n) is 7.24. The highest BCUT2D eigenvalue weighted by molar-refractivity contribution is 7.91. The van der Waals surface area contributed by atoms with Crippen LogP contribution in [0, 0.1) is 5.41 Å². The zero-order valence-electron chi connectivity index (χ0n) is 12.2. The highest BCUT2D eigenvalue weighted by Gasteiger charge is 2.38. The lowest BCUT2D eigenvalue weighted by Gasteiger charge is -2.09. The normalized spacial score (nSPS) is 17.3. The Morgan fingerprint density at radius 2 is 2.05 bits per heavy atom. The molecule has 1 heterocycles. The Labute approximate surface area is 126 Å². The molecule has 6 heteroatoms. The molecule has 0 aliphatic heterocycles. The van der Waals surface area contributed by atoms with E-state index in [2.05, 4.69) is 23.9 Å². The van der Waals surface area contributed by atoms with E-state index in [1.807, 2.05) is 6.07 Å². The van der Waals surface area contributed by atoms with Crippen molar-refractivity contribution in [1.29, 1.82) is 0 Å². The molecule has 1 aromatic rings. The number of rotatable bonds is 9. The second-order valence-corrected chi connectivity index (χ2v) is 9.02. The second kappa shape index (κ2) is 6.56. The van der Waals surface area contributed by atoms with E-state index in [0.717, 1.165) is 43.6 Å². The Bertz CT molecular complexity index is 533. The van der Waals surface area contributed by atoms with Gasteiger partial charge in [-0.05, 0) is 56.3 Å². The summed E-state index contributed by atoms with van der Waals surface area (Å²) in [5.74, 6) is 0. The van der Waals surface area contributed by atoms with Crippen LogP contribution in [0.1, 0.15) is 38.0 Å². The molecule has 1 fully saturated rings. The molecule has 0 saturated heterocycles. The summed E-state index contributed by atoms with van der Waals surface area (Å²) in [6, 6.07) is 3.64. The minimum absolute atomic E-state index is 0.192. The fraction of sp³-hybridized carbons (Fsp3) is 0.714. The zero-order chi connectivity index (χ0) is 14.6. The van der Waals surface area contributed by atoms with Crippen molar-refractivity contribution in [3.8, 4) is 0 Å². The van der Waals surface area contributed by atoms with Crippen molar-refractivity contribution in [3.63, 3.8) is 0 Å². The van der Waals surface area contributed by atoms with Crippen LogP contribution in [0.5, 0.6) is 0 Å². The molecule has 0 unspecified atom stereocenters. The van der Waals surface area contributed by atoms with Gasteiger partial charge in [0.25, 0.3) is 0 Å². The van der Waals surface area contributed by atoms with Gasteiger partial charge >= 0.3 is 0 Å². The van der Waals surface area contributed by atoms with Gasteiger partial charge in [-0.3, -0.25) is 0 Å². The molecule has 4 nitrogen and oxygen atoms in total. The molecule has 1 aliphatic carbocycles. The van der Waals surface area contributed by atoms with Gasteiger partial charge in [0, 0.05) is 11.4 Å². The van der Waals surface area contributed by atoms with Gasteiger partial charge in [0.15, 0.2) is 0 Å². The van der Waals surface area contributed by atoms with Crippen LogP contribution in [0.4, 0.5) is 0 Å². The molecule has 0 radical (unpaired) electrons. The van der Waals surface area contributed by atoms with E-state index in [-0.39, 0.29) is 5.41 Å². The molecule has 1 aromatic heterocycles. The quantitative estimate of drug-likeness (QED) is 0.688. The predicted octanol–water partition coefficient (Wildman–Crippen LogP) is 2.37. The summed E-state index contributed by atoms with van der Waals surface area (Å²) < 4.78 is 27.5. The molecule has 114 valence electrons. The van der Waals surface area contributed by atoms with E-state index in [9.17, 15) is 8.42 Å². The van der Waals surface area contributed by atoms with E-state index < -0.39 is 10.0 Å². The van der Waals surface area contributed by atoms with Crippen LogP contribution in [0.25, 0.3) is 0 Å². The molecule has 0 amide bonds. The van der Waals surface area contributed by atoms with Gasteiger partial charge in [-0.25, -0.2) is 13.1 Å². The third kappa shape index (κ3) is 4.55. The first kappa shape index (κ1) is 15.9. The zero-order valence-corrected chi connectivity index (χ0v) is 13.9. The van der Waals surface area contributed by atoms with Gasteiger partial charge in [0.05, 0.1) is 0 Å². The summed E-state index contributed by atoms with van der Waals surface area (Å²) in [7, 11) is -3.32. The van der Waals surface area contributed by atoms with E-state index in [1.54, 1.807) is 6.07 Å². The van der Waals surface area contributed by atoms with Crippen molar-refractivity contribution in [2.24, 2.45) is 5.41 Å². The van der Waals surface area contributed by atoms with Crippen molar-refractivity contribution in [1.82, 2.24) is 10.0 Å². The van der Waals surface area contributed by atoms with Crippen molar-refractivity contribution in [2.75, 3.05) is 19.6 Å². The largest absolute Gasteiger partial charge is 0.316 e. The number of thiophene rings is 1. The summed E-state index contributed by atoms with van der Waals surface area (Å²) in [6.07, 6.45) is 4.24. The fourth-order valence-electron chi connectivity index (χ4n) is 1.88. The van der Waals surface area contributed by atoms with Crippen LogP contribution in [0.15, 0.2) is 16.3 Å². The molecule has 0 bridgehead atoms. The molecule has 0 spiro atoms. The maximum Gasteiger partial charge on any atom is 0.250 e. The van der Waals surface area contributed by atoms with Crippen molar-refractivity contribution < 1.29 is 8.42 Å². The van der Waals surface area contributed by atoms with E-state index >= 15 is 0 Å². The first-order valence-corrected chi connectivity index (χ1v) is 9.54. The summed E-state index contributed by atoms with van der Waals surface area (Å²) >= 11 is 1.38. The Morgan fingerprint density at radius 3 is 2.70 bits per heavy atom. The van der Waals surface area contributed by atoms with E-state index in [4.69, 9.17) is 0 Å². The molecule has 0 atom stereocenters. The average molecular weight is 316 g/mol. The van der Waals surface area contributed by atoms with Crippen molar-refractivity contribution in [2.45, 2.75) is 43.7 Å². The third-order valence-corrected chi connectivity index (χ3v) is 6.71. The molecule has 1 aliphatic rings. The van der Waals surface area contributed by atoms with Crippen LogP contribution in [0.3, 0.4) is 0 Å². The number of nitrogens with one attached hydrogen (secondary N) is 2. The Morgan fingerprint density at radius 1 is 1.30 bits per heavy atom. The Kier molecular flexibility index (Phi) is 5.23. The van der Waals surface area contributed by atoms with Crippen LogP contribution in [-0.2, 0) is 16.4 Å². The van der Waals surface area contributed by atoms with Crippen LogP contribution >= 0.6 is 11.3 Å². The van der Waals surface area contributed by atoms with Crippen LogP contribution in [-0.4, -0.2) is 28.1 Å². The summed E-state index contributed by atoms with van der Waals surface area (Å²) in [5, 5.41) is 3.33. The Hall–Kier alpha value is -0.430. The van der Waals surface area contributed by atoms with Gasteiger partial charge in [0.1, 0.15) is 4.21 Å². The molecule has 20 heavy (non-hydrogen) atoms. The van der Waals surface area contributed by atoms with Gasteiger partial charge in [-0.1, -0.05) is 13.8 Å². The van der Waals surface area contributed by atoms with Crippen molar-refractivity contribution >= 4 is 21.4 Å². The van der Waals surface area contributed by atoms with Crippen LogP contribution < -0.4 is 10.0 Å². The average Bonchev–Trinajstić information content (AvgIpc) is 2.96. The van der Waals surface area contributed by atoms with Gasteiger partial charge in [-0.15, -0.1) is 11.3 Å². The lowest BCUT2D eigenvalue weighted by Crippen LogP contribution is -2.28. The number of hydrogen-bond acceptors (Lipinski definition) is 4. The summed E-state index contributed by atoms with van der Waals surface area (Å²) in [6.45, 7) is 6.72. The molecule has 2 N–H and O–H groups in total. The summed E-state index contributed by atoms with van der Waals surface area (Å²) in [4.78, 5) is 1.12. The standard InChI is InChI=1S/C14H24N2O2S2/c1-3-9-15-10-6-12-4-5-13(19-12)20(17,18)16-11-14(2)7-8-14/h4-5,15-16H,3,6-11H2,1-2H3. The molecule has 2 rings (SSSR count). The smallest absolute Gasteiger partial charge is 0.250 e. The number of hydrogen-bond donors (Lipinski definition) is 2. The lowest BCUT2D eigenvalue weighted by molar-refractivity contribution is 0.531. The van der Waals surface area contributed by atoms with E-state index in [1.165, 1.54) is 11.3 Å². The Balaban J connectivity index is 1.86. The molecular formula is C14H24N2O2S2.